The topological polar surface area (TPSA) is 36.1 Å². The molecular formula is C32H30N2O. The SMILES string of the molecule is O=C1c2ccccc2C(c2c(-c3ccccc3)[nH]c3ccccc23)N1C12CC3CC(CC(C3)C1)C2. The number of aromatic amines is 1. The van der Waals surface area contributed by atoms with Crippen LogP contribution >= 0.6 is 0 Å². The first-order valence-electron chi connectivity index (χ1n) is 13.3. The van der Waals surface area contributed by atoms with Crippen molar-refractivity contribution in [3.8, 4) is 11.3 Å². The van der Waals surface area contributed by atoms with Crippen LogP contribution in [0, 0.1) is 17.8 Å². The number of nitrogens with one attached hydrogen (secondary N) is 1. The maximum atomic E-state index is 14.3. The predicted molar refractivity (Wildman–Crippen MR) is 139 cm³/mol. The van der Waals surface area contributed by atoms with Crippen LogP contribution in [0.3, 0.4) is 0 Å². The van der Waals surface area contributed by atoms with Crippen LogP contribution < -0.4 is 0 Å². The number of benzene rings is 3. The van der Waals surface area contributed by atoms with Gasteiger partial charge in [0, 0.05) is 27.6 Å². The third kappa shape index (κ3) is 2.75. The van der Waals surface area contributed by atoms with Crippen LogP contribution in [-0.2, 0) is 0 Å². The summed E-state index contributed by atoms with van der Waals surface area (Å²) in [5.74, 6) is 2.61. The molecule has 4 bridgehead atoms. The third-order valence-electron chi connectivity index (χ3n) is 9.56. The molecule has 0 radical (unpaired) electrons. The second-order valence-corrected chi connectivity index (χ2v) is 11.6. The molecular weight excluding hydrogens is 428 g/mol. The van der Waals surface area contributed by atoms with Crippen LogP contribution in [-0.4, -0.2) is 21.3 Å². The van der Waals surface area contributed by atoms with Crippen LogP contribution in [0.1, 0.15) is 66.1 Å². The molecule has 4 aromatic rings. The van der Waals surface area contributed by atoms with Gasteiger partial charge in [0.25, 0.3) is 5.91 Å². The molecule has 1 aliphatic heterocycles. The van der Waals surface area contributed by atoms with Gasteiger partial charge in [0.15, 0.2) is 0 Å². The first kappa shape index (κ1) is 19.9. The molecule has 0 saturated heterocycles. The largest absolute Gasteiger partial charge is 0.354 e. The monoisotopic (exact) mass is 458 g/mol. The number of fused-ring (bicyclic) bond motifs is 2. The fourth-order valence-corrected chi connectivity index (χ4v) is 8.73. The van der Waals surface area contributed by atoms with E-state index in [0.717, 1.165) is 34.5 Å². The number of H-pyrrole nitrogens is 1. The summed E-state index contributed by atoms with van der Waals surface area (Å²) in [6, 6.07) is 27.6. The number of hydrogen-bond acceptors (Lipinski definition) is 1. The molecule has 35 heavy (non-hydrogen) atoms. The number of aromatic nitrogens is 1. The molecule has 1 N–H and O–H groups in total. The van der Waals surface area contributed by atoms with Gasteiger partial charge in [-0.2, -0.15) is 0 Å². The van der Waals surface area contributed by atoms with Gasteiger partial charge in [0.1, 0.15) is 0 Å². The van der Waals surface area contributed by atoms with E-state index in [0.29, 0.717) is 0 Å². The highest BCUT2D eigenvalue weighted by Gasteiger charge is 2.58. The number of hydrogen-bond donors (Lipinski definition) is 1. The first-order valence-corrected chi connectivity index (χ1v) is 13.3. The summed E-state index contributed by atoms with van der Waals surface area (Å²) in [6.45, 7) is 0. The quantitative estimate of drug-likeness (QED) is 0.342. The maximum absolute atomic E-state index is 14.3. The summed E-state index contributed by atoms with van der Waals surface area (Å²) in [6.07, 6.45) is 7.67. The van der Waals surface area contributed by atoms with Gasteiger partial charge in [0.05, 0.1) is 11.7 Å². The number of carbonyl (C=O) groups is 1. The Morgan fingerprint density at radius 3 is 2.11 bits per heavy atom. The fraction of sp³-hybridized carbons (Fsp3) is 0.344. The van der Waals surface area contributed by atoms with Gasteiger partial charge >= 0.3 is 0 Å². The summed E-state index contributed by atoms with van der Waals surface area (Å²) in [4.78, 5) is 20.5. The van der Waals surface area contributed by atoms with E-state index in [4.69, 9.17) is 0 Å². The van der Waals surface area contributed by atoms with Crippen LogP contribution in [0.4, 0.5) is 0 Å². The highest BCUT2D eigenvalue weighted by atomic mass is 16.2. The fourth-order valence-electron chi connectivity index (χ4n) is 8.73. The van der Waals surface area contributed by atoms with Gasteiger partial charge in [-0.05, 0) is 79.5 Å². The predicted octanol–water partition coefficient (Wildman–Crippen LogP) is 7.35. The lowest BCUT2D eigenvalue weighted by Gasteiger charge is -2.61. The summed E-state index contributed by atoms with van der Waals surface area (Å²) in [5.41, 5.74) is 6.80. The lowest BCUT2D eigenvalue weighted by molar-refractivity contribution is -0.0805. The zero-order valence-corrected chi connectivity index (χ0v) is 19.9. The van der Waals surface area contributed by atoms with E-state index in [1.54, 1.807) is 0 Å². The van der Waals surface area contributed by atoms with Crippen molar-refractivity contribution < 1.29 is 4.79 Å². The van der Waals surface area contributed by atoms with Crippen molar-refractivity contribution in [3.05, 3.63) is 95.6 Å². The molecule has 1 atom stereocenters. The standard InChI is InChI=1S/C32H30N2O/c35-31-25-11-5-4-10-24(25)30(34(31)32-17-20-14-21(18-32)16-22(15-20)19-32)28-26-12-6-7-13-27(26)33-29(28)23-8-2-1-3-9-23/h1-13,20-22,30,33H,14-19H2. The van der Waals surface area contributed by atoms with Gasteiger partial charge in [0.2, 0.25) is 0 Å². The molecule has 174 valence electrons. The van der Waals surface area contributed by atoms with Crippen LogP contribution in [0.2, 0.25) is 0 Å². The van der Waals surface area contributed by atoms with Gasteiger partial charge in [-0.25, -0.2) is 0 Å². The van der Waals surface area contributed by atoms with Gasteiger partial charge in [-0.3, -0.25) is 4.79 Å². The van der Waals surface area contributed by atoms with Gasteiger partial charge < -0.3 is 9.88 Å². The smallest absolute Gasteiger partial charge is 0.255 e. The van der Waals surface area contributed by atoms with Crippen molar-refractivity contribution in [1.82, 2.24) is 9.88 Å². The highest BCUT2D eigenvalue weighted by Crippen LogP contribution is 2.61. The number of nitrogens with zero attached hydrogens (tertiary/aromatic N) is 1. The molecule has 3 nitrogen and oxygen atoms in total. The second-order valence-electron chi connectivity index (χ2n) is 11.6. The average molecular weight is 459 g/mol. The zero-order chi connectivity index (χ0) is 23.1. The normalized spacial score (nSPS) is 30.9. The lowest BCUT2D eigenvalue weighted by Crippen LogP contribution is -2.61. The Kier molecular flexibility index (Phi) is 4.04. The van der Waals surface area contributed by atoms with E-state index >= 15 is 0 Å². The van der Waals surface area contributed by atoms with Crippen molar-refractivity contribution in [2.45, 2.75) is 50.1 Å². The van der Waals surface area contributed by atoms with Gasteiger partial charge in [-0.15, -0.1) is 0 Å². The van der Waals surface area contributed by atoms with Crippen molar-refractivity contribution in [2.75, 3.05) is 0 Å². The van der Waals surface area contributed by atoms with Crippen LogP contribution in [0.25, 0.3) is 22.2 Å². The first-order chi connectivity index (χ1) is 17.2. The molecule has 2 heterocycles. The molecule has 1 aromatic heterocycles. The minimum Gasteiger partial charge on any atom is -0.354 e. The summed E-state index contributed by atoms with van der Waals surface area (Å²) in [5, 5.41) is 1.23. The van der Waals surface area contributed by atoms with Gasteiger partial charge in [-0.1, -0.05) is 66.7 Å². The summed E-state index contributed by atoms with van der Waals surface area (Å²) in [7, 11) is 0. The Hall–Kier alpha value is -3.33. The molecule has 3 heteroatoms. The Bertz CT molecular complexity index is 1430. The third-order valence-corrected chi connectivity index (χ3v) is 9.56. The summed E-state index contributed by atoms with van der Waals surface area (Å²) < 4.78 is 0. The molecule has 1 unspecified atom stereocenters. The highest BCUT2D eigenvalue weighted by molar-refractivity contribution is 6.02. The zero-order valence-electron chi connectivity index (χ0n) is 19.9. The Balaban J connectivity index is 1.40. The van der Waals surface area contributed by atoms with Crippen LogP contribution in [0.5, 0.6) is 0 Å². The maximum Gasteiger partial charge on any atom is 0.255 e. The molecule has 4 aliphatic carbocycles. The van der Waals surface area contributed by atoms with E-state index in [1.165, 1.54) is 60.6 Å². The second kappa shape index (κ2) is 7.10. The molecule has 4 saturated carbocycles. The number of amides is 1. The summed E-state index contributed by atoms with van der Waals surface area (Å²) >= 11 is 0. The Morgan fingerprint density at radius 1 is 0.743 bits per heavy atom. The van der Waals surface area contributed by atoms with E-state index < -0.39 is 0 Å². The molecule has 4 fully saturated rings. The van der Waals surface area contributed by atoms with E-state index in [9.17, 15) is 4.79 Å². The number of para-hydroxylation sites is 1. The van der Waals surface area contributed by atoms with Crippen molar-refractivity contribution in [1.29, 1.82) is 0 Å². The van der Waals surface area contributed by atoms with Crippen molar-refractivity contribution >= 4 is 16.8 Å². The molecule has 3 aromatic carbocycles. The Labute approximate surface area is 206 Å². The van der Waals surface area contributed by atoms with E-state index in [-0.39, 0.29) is 17.5 Å². The minimum absolute atomic E-state index is 0.0121. The molecule has 0 spiro atoms. The van der Waals surface area contributed by atoms with Crippen molar-refractivity contribution in [3.63, 3.8) is 0 Å². The van der Waals surface area contributed by atoms with E-state index in [1.807, 2.05) is 6.07 Å². The lowest BCUT2D eigenvalue weighted by atomic mass is 9.52. The average Bonchev–Trinajstić information content (AvgIpc) is 3.39. The minimum atomic E-state index is -0.0543. The van der Waals surface area contributed by atoms with Crippen molar-refractivity contribution in [2.24, 2.45) is 17.8 Å². The number of rotatable bonds is 3. The van der Waals surface area contributed by atoms with E-state index in [2.05, 4.69) is 82.7 Å². The molecule has 9 rings (SSSR count). The Morgan fingerprint density at radius 2 is 1.37 bits per heavy atom. The van der Waals surface area contributed by atoms with Crippen LogP contribution in [0.15, 0.2) is 78.9 Å². The number of carbonyl (C=O) groups excluding carboxylic acids is 1. The molecule has 1 amide bonds. The molecule has 5 aliphatic rings.